The lowest BCUT2D eigenvalue weighted by Gasteiger charge is -2.26. The van der Waals surface area contributed by atoms with Gasteiger partial charge in [0.2, 0.25) is 5.91 Å². The van der Waals surface area contributed by atoms with Crippen molar-refractivity contribution < 1.29 is 19.1 Å². The van der Waals surface area contributed by atoms with E-state index in [9.17, 15) is 14.4 Å². The lowest BCUT2D eigenvalue weighted by Crippen LogP contribution is -2.40. The van der Waals surface area contributed by atoms with Gasteiger partial charge in [0.05, 0.1) is 13.2 Å². The maximum Gasteiger partial charge on any atom is 0.255 e. The van der Waals surface area contributed by atoms with Crippen molar-refractivity contribution in [2.45, 2.75) is 13.3 Å². The number of nitrogens with one attached hydrogen (secondary N) is 1. The molecule has 0 unspecified atom stereocenters. The Bertz CT molecular complexity index is 949. The second kappa shape index (κ2) is 8.05. The van der Waals surface area contributed by atoms with Crippen LogP contribution in [0.4, 0.5) is 11.4 Å². The van der Waals surface area contributed by atoms with Crippen molar-refractivity contribution in [2.24, 2.45) is 0 Å². The summed E-state index contributed by atoms with van der Waals surface area (Å²) < 4.78 is 5.28. The summed E-state index contributed by atoms with van der Waals surface area (Å²) in [7, 11) is 0. The molecule has 0 spiro atoms. The predicted molar refractivity (Wildman–Crippen MR) is 109 cm³/mol. The number of fused-ring (bicyclic) bond motifs is 1. The number of hydrogen-bond acceptors (Lipinski definition) is 4. The molecule has 7 heteroatoms. The third-order valence-corrected chi connectivity index (χ3v) is 5.35. The number of ether oxygens (including phenoxy) is 1. The van der Waals surface area contributed by atoms with Crippen molar-refractivity contribution >= 4 is 29.1 Å². The van der Waals surface area contributed by atoms with Gasteiger partial charge in [-0.2, -0.15) is 0 Å². The molecule has 150 valence electrons. The number of hydrogen-bond donors (Lipinski definition) is 1. The molecule has 0 aliphatic carbocycles. The largest absolute Gasteiger partial charge is 0.378 e. The Kier molecular flexibility index (Phi) is 5.31. The molecule has 0 bridgehead atoms. The van der Waals surface area contributed by atoms with Gasteiger partial charge in [0, 0.05) is 54.6 Å². The fourth-order valence-electron chi connectivity index (χ4n) is 3.79. The van der Waals surface area contributed by atoms with Gasteiger partial charge in [0.15, 0.2) is 0 Å². The van der Waals surface area contributed by atoms with E-state index in [1.54, 1.807) is 41.0 Å². The molecule has 2 heterocycles. The minimum atomic E-state index is -0.245. The van der Waals surface area contributed by atoms with Gasteiger partial charge >= 0.3 is 0 Å². The average Bonchev–Trinajstić information content (AvgIpc) is 3.19. The highest BCUT2D eigenvalue weighted by molar-refractivity contribution is 6.06. The number of carbonyl (C=O) groups is 3. The van der Waals surface area contributed by atoms with E-state index in [0.717, 1.165) is 11.3 Å². The van der Waals surface area contributed by atoms with Gasteiger partial charge in [-0.05, 0) is 42.8 Å². The van der Waals surface area contributed by atoms with E-state index in [2.05, 4.69) is 5.32 Å². The molecule has 1 saturated heterocycles. The molecular formula is C22H23N3O4. The minimum Gasteiger partial charge on any atom is -0.378 e. The molecule has 0 aromatic heterocycles. The number of morpholine rings is 1. The summed E-state index contributed by atoms with van der Waals surface area (Å²) >= 11 is 0. The van der Waals surface area contributed by atoms with E-state index in [-0.39, 0.29) is 17.7 Å². The Hall–Kier alpha value is -3.19. The van der Waals surface area contributed by atoms with Crippen LogP contribution in [-0.4, -0.2) is 55.5 Å². The topological polar surface area (TPSA) is 79.0 Å². The van der Waals surface area contributed by atoms with E-state index in [1.165, 1.54) is 0 Å². The van der Waals surface area contributed by atoms with Gasteiger partial charge in [-0.15, -0.1) is 0 Å². The Labute approximate surface area is 169 Å². The fraction of sp³-hybridized carbons (Fsp3) is 0.318. The molecule has 7 nitrogen and oxygen atoms in total. The maximum atomic E-state index is 12.7. The molecule has 29 heavy (non-hydrogen) atoms. The summed E-state index contributed by atoms with van der Waals surface area (Å²) in [6.45, 7) is 4.42. The quantitative estimate of drug-likeness (QED) is 0.868. The van der Waals surface area contributed by atoms with Crippen LogP contribution in [0.25, 0.3) is 0 Å². The molecule has 1 fully saturated rings. The normalized spacial score (nSPS) is 15.8. The zero-order valence-corrected chi connectivity index (χ0v) is 16.3. The summed E-state index contributed by atoms with van der Waals surface area (Å²) in [5.41, 5.74) is 3.56. The van der Waals surface area contributed by atoms with Crippen molar-refractivity contribution in [1.82, 2.24) is 4.90 Å². The minimum absolute atomic E-state index is 0.00671. The Balaban J connectivity index is 1.47. The smallest absolute Gasteiger partial charge is 0.255 e. The highest BCUT2D eigenvalue weighted by atomic mass is 16.5. The zero-order valence-electron chi connectivity index (χ0n) is 16.3. The average molecular weight is 393 g/mol. The first-order chi connectivity index (χ1) is 14.0. The van der Waals surface area contributed by atoms with E-state index in [1.807, 2.05) is 18.2 Å². The van der Waals surface area contributed by atoms with Gasteiger partial charge < -0.3 is 19.9 Å². The lowest BCUT2D eigenvalue weighted by atomic mass is 10.1. The van der Waals surface area contributed by atoms with Crippen LogP contribution in [0.15, 0.2) is 42.5 Å². The monoisotopic (exact) mass is 393 g/mol. The molecule has 2 aliphatic rings. The summed E-state index contributed by atoms with van der Waals surface area (Å²) in [5.74, 6) is -0.303. The number of nitrogens with zero attached hydrogens (tertiary/aromatic N) is 2. The third kappa shape index (κ3) is 3.86. The first-order valence-corrected chi connectivity index (χ1v) is 9.73. The van der Waals surface area contributed by atoms with Crippen LogP contribution in [0.3, 0.4) is 0 Å². The number of anilines is 2. The molecule has 3 amide bonds. The summed E-state index contributed by atoms with van der Waals surface area (Å²) in [4.78, 5) is 40.5. The van der Waals surface area contributed by atoms with E-state index in [4.69, 9.17) is 4.74 Å². The molecule has 0 atom stereocenters. The van der Waals surface area contributed by atoms with Crippen molar-refractivity contribution in [3.63, 3.8) is 0 Å². The van der Waals surface area contributed by atoms with Crippen LogP contribution in [-0.2, 0) is 16.0 Å². The van der Waals surface area contributed by atoms with Gasteiger partial charge in [-0.1, -0.05) is 6.07 Å². The maximum absolute atomic E-state index is 12.7. The second-order valence-electron chi connectivity index (χ2n) is 7.16. The third-order valence-electron chi connectivity index (χ3n) is 5.35. The van der Waals surface area contributed by atoms with Gasteiger partial charge in [-0.25, -0.2) is 0 Å². The molecule has 2 aromatic carbocycles. The number of rotatable bonds is 3. The Morgan fingerprint density at radius 2 is 1.62 bits per heavy atom. The zero-order chi connectivity index (χ0) is 20.4. The van der Waals surface area contributed by atoms with Crippen LogP contribution < -0.4 is 10.2 Å². The van der Waals surface area contributed by atoms with Crippen LogP contribution in [0.1, 0.15) is 33.2 Å². The number of carbonyl (C=O) groups excluding carboxylic acids is 3. The van der Waals surface area contributed by atoms with Gasteiger partial charge in [0.1, 0.15) is 0 Å². The summed E-state index contributed by atoms with van der Waals surface area (Å²) in [6.07, 6.45) is 0.707. The van der Waals surface area contributed by atoms with Crippen LogP contribution in [0.5, 0.6) is 0 Å². The molecule has 2 aromatic rings. The SMILES string of the molecule is CC(=O)N1CCc2c(NC(=O)c3ccc(C(=O)N4CCOCC4)cc3)cccc21. The Morgan fingerprint density at radius 3 is 2.31 bits per heavy atom. The highest BCUT2D eigenvalue weighted by Gasteiger charge is 2.25. The lowest BCUT2D eigenvalue weighted by molar-refractivity contribution is -0.116. The van der Waals surface area contributed by atoms with Crippen molar-refractivity contribution in [1.29, 1.82) is 0 Å². The van der Waals surface area contributed by atoms with E-state index >= 15 is 0 Å². The summed E-state index contributed by atoms with van der Waals surface area (Å²) in [5, 5.41) is 2.94. The van der Waals surface area contributed by atoms with Crippen LogP contribution >= 0.6 is 0 Å². The molecule has 1 N–H and O–H groups in total. The van der Waals surface area contributed by atoms with E-state index < -0.39 is 0 Å². The highest BCUT2D eigenvalue weighted by Crippen LogP contribution is 2.33. The standard InChI is InChI=1S/C22H23N3O4/c1-15(26)25-10-9-18-19(3-2-4-20(18)25)23-21(27)16-5-7-17(8-6-16)22(28)24-11-13-29-14-12-24/h2-8H,9-14H2,1H3,(H,23,27). The molecule has 0 radical (unpaired) electrons. The Morgan fingerprint density at radius 1 is 0.931 bits per heavy atom. The summed E-state index contributed by atoms with van der Waals surface area (Å²) in [6, 6.07) is 12.3. The van der Waals surface area contributed by atoms with Gasteiger partial charge in [-0.3, -0.25) is 14.4 Å². The molecule has 4 rings (SSSR count). The second-order valence-corrected chi connectivity index (χ2v) is 7.16. The first kappa shape index (κ1) is 19.1. The van der Waals surface area contributed by atoms with Crippen molar-refractivity contribution in [3.05, 3.63) is 59.2 Å². The van der Waals surface area contributed by atoms with Gasteiger partial charge in [0.25, 0.3) is 11.8 Å². The predicted octanol–water partition coefficient (Wildman–Crippen LogP) is 2.32. The van der Waals surface area contributed by atoms with Crippen molar-refractivity contribution in [3.8, 4) is 0 Å². The molecular weight excluding hydrogens is 370 g/mol. The van der Waals surface area contributed by atoms with E-state index in [0.29, 0.717) is 56.1 Å². The first-order valence-electron chi connectivity index (χ1n) is 9.73. The number of benzene rings is 2. The number of amides is 3. The molecule has 2 aliphatic heterocycles. The van der Waals surface area contributed by atoms with Crippen LogP contribution in [0, 0.1) is 0 Å². The van der Waals surface area contributed by atoms with Crippen molar-refractivity contribution in [2.75, 3.05) is 43.1 Å². The molecule has 0 saturated carbocycles. The van der Waals surface area contributed by atoms with Crippen LogP contribution in [0.2, 0.25) is 0 Å². The fourth-order valence-corrected chi connectivity index (χ4v) is 3.79.